The maximum Gasteiger partial charge on any atom is 0.191 e. The third-order valence-corrected chi connectivity index (χ3v) is 4.23. The number of hydrogen-bond acceptors (Lipinski definition) is 3. The quantitative estimate of drug-likeness (QED) is 0.480. The summed E-state index contributed by atoms with van der Waals surface area (Å²) in [4.78, 5) is 0. The van der Waals surface area contributed by atoms with E-state index < -0.39 is 0 Å². The van der Waals surface area contributed by atoms with Crippen molar-refractivity contribution in [2.45, 2.75) is 18.5 Å². The average molecular weight is 300 g/mol. The summed E-state index contributed by atoms with van der Waals surface area (Å²) < 4.78 is 15.5. The van der Waals surface area contributed by atoms with Crippen molar-refractivity contribution in [1.82, 2.24) is 14.8 Å². The van der Waals surface area contributed by atoms with Gasteiger partial charge in [0.1, 0.15) is 5.82 Å². The molecule has 3 nitrogen and oxygen atoms in total. The van der Waals surface area contributed by atoms with Gasteiger partial charge in [0.15, 0.2) is 11.0 Å². The molecule has 0 aliphatic carbocycles. The molecule has 0 amide bonds. The summed E-state index contributed by atoms with van der Waals surface area (Å²) in [5, 5.41) is 9.13. The number of aromatic nitrogens is 3. The van der Waals surface area contributed by atoms with Crippen molar-refractivity contribution in [3.8, 4) is 11.4 Å². The third-order valence-electron chi connectivity index (χ3n) is 2.85. The van der Waals surface area contributed by atoms with Crippen molar-refractivity contribution in [2.24, 2.45) is 7.05 Å². The molecule has 1 aromatic heterocycles. The third kappa shape index (κ3) is 3.09. The Balaban J connectivity index is 2.28. The van der Waals surface area contributed by atoms with E-state index >= 15 is 0 Å². The van der Waals surface area contributed by atoms with Gasteiger partial charge in [-0.2, -0.15) is 0 Å². The van der Waals surface area contributed by atoms with Crippen LogP contribution < -0.4 is 0 Å². The number of nitrogens with zero attached hydrogens (tertiary/aromatic N) is 3. The number of benzene rings is 1. The molecule has 0 atom stereocenters. The van der Waals surface area contributed by atoms with E-state index in [0.717, 1.165) is 22.9 Å². The smallest absolute Gasteiger partial charge is 0.191 e. The Morgan fingerprint density at radius 1 is 1.37 bits per heavy atom. The lowest BCUT2D eigenvalue weighted by Crippen LogP contribution is -1.98. The molecule has 0 aliphatic rings. The zero-order valence-corrected chi connectivity index (χ0v) is 12.4. The Morgan fingerprint density at radius 2 is 2.16 bits per heavy atom. The van der Waals surface area contributed by atoms with Crippen molar-refractivity contribution in [2.75, 3.05) is 11.6 Å². The molecular formula is C13H15ClFN3S. The molecule has 19 heavy (non-hydrogen) atoms. The summed E-state index contributed by atoms with van der Waals surface area (Å²) in [7, 11) is 1.89. The van der Waals surface area contributed by atoms with Crippen LogP contribution in [0.5, 0.6) is 0 Å². The first-order valence-electron chi connectivity index (χ1n) is 5.98. The summed E-state index contributed by atoms with van der Waals surface area (Å²) in [6.07, 6.45) is 0.924. The van der Waals surface area contributed by atoms with Gasteiger partial charge in [0, 0.05) is 24.2 Å². The second kappa shape index (κ2) is 6.39. The van der Waals surface area contributed by atoms with Crippen molar-refractivity contribution in [3.63, 3.8) is 0 Å². The Hall–Kier alpha value is -1.07. The fraction of sp³-hybridized carbons (Fsp3) is 0.385. The van der Waals surface area contributed by atoms with Crippen LogP contribution in [0.3, 0.4) is 0 Å². The van der Waals surface area contributed by atoms with Crippen LogP contribution in [0.2, 0.25) is 0 Å². The molecule has 1 aromatic carbocycles. The Kier molecular flexibility index (Phi) is 4.82. The zero-order valence-electron chi connectivity index (χ0n) is 10.9. The van der Waals surface area contributed by atoms with Gasteiger partial charge < -0.3 is 4.57 Å². The number of alkyl halides is 1. The molecule has 0 unspecified atom stereocenters. The van der Waals surface area contributed by atoms with Gasteiger partial charge in [0.25, 0.3) is 0 Å². The highest BCUT2D eigenvalue weighted by Gasteiger charge is 2.14. The standard InChI is InChI=1S/C13H15ClFN3S/c1-9-10(5-3-6-11(9)15)12-16-17-13(18(12)2)19-8-4-7-14/h3,5-6H,4,7-8H2,1-2H3. The monoisotopic (exact) mass is 299 g/mol. The van der Waals surface area contributed by atoms with Crippen LogP contribution in [0.25, 0.3) is 11.4 Å². The fourth-order valence-electron chi connectivity index (χ4n) is 1.74. The van der Waals surface area contributed by atoms with E-state index in [-0.39, 0.29) is 5.82 Å². The van der Waals surface area contributed by atoms with Crippen molar-refractivity contribution >= 4 is 23.4 Å². The van der Waals surface area contributed by atoms with Gasteiger partial charge in [0.2, 0.25) is 0 Å². The van der Waals surface area contributed by atoms with Gasteiger partial charge in [-0.3, -0.25) is 0 Å². The maximum absolute atomic E-state index is 13.6. The van der Waals surface area contributed by atoms with Crippen LogP contribution in [0.15, 0.2) is 23.4 Å². The topological polar surface area (TPSA) is 30.7 Å². The summed E-state index contributed by atoms with van der Waals surface area (Å²) >= 11 is 7.26. The lowest BCUT2D eigenvalue weighted by molar-refractivity contribution is 0.618. The Labute approximate surface area is 121 Å². The van der Waals surface area contributed by atoms with Gasteiger partial charge in [-0.25, -0.2) is 4.39 Å². The van der Waals surface area contributed by atoms with E-state index in [1.54, 1.807) is 24.8 Å². The first-order valence-corrected chi connectivity index (χ1v) is 7.50. The van der Waals surface area contributed by atoms with Crippen LogP contribution in [-0.4, -0.2) is 26.4 Å². The fourth-order valence-corrected chi connectivity index (χ4v) is 2.88. The minimum absolute atomic E-state index is 0.225. The molecule has 0 bridgehead atoms. The van der Waals surface area contributed by atoms with E-state index in [1.165, 1.54) is 6.07 Å². The summed E-state index contributed by atoms with van der Waals surface area (Å²) in [5.74, 6) is 2.00. The molecule has 0 saturated carbocycles. The summed E-state index contributed by atoms with van der Waals surface area (Å²) in [6.45, 7) is 1.75. The number of thioether (sulfide) groups is 1. The minimum atomic E-state index is -0.225. The van der Waals surface area contributed by atoms with Crippen LogP contribution in [0.4, 0.5) is 4.39 Å². The van der Waals surface area contributed by atoms with E-state index in [4.69, 9.17) is 11.6 Å². The lowest BCUT2D eigenvalue weighted by Gasteiger charge is -2.06. The van der Waals surface area contributed by atoms with E-state index in [1.807, 2.05) is 17.7 Å². The highest BCUT2D eigenvalue weighted by Crippen LogP contribution is 2.26. The van der Waals surface area contributed by atoms with Crippen molar-refractivity contribution in [1.29, 1.82) is 0 Å². The van der Waals surface area contributed by atoms with Crippen molar-refractivity contribution < 1.29 is 4.39 Å². The Bertz CT molecular complexity index is 571. The zero-order chi connectivity index (χ0) is 13.8. The highest BCUT2D eigenvalue weighted by atomic mass is 35.5. The normalized spacial score (nSPS) is 10.9. The van der Waals surface area contributed by atoms with E-state index in [9.17, 15) is 4.39 Å². The van der Waals surface area contributed by atoms with Crippen LogP contribution in [-0.2, 0) is 7.05 Å². The minimum Gasteiger partial charge on any atom is -0.305 e. The molecular weight excluding hydrogens is 285 g/mol. The molecule has 2 rings (SSSR count). The predicted molar refractivity (Wildman–Crippen MR) is 77.2 cm³/mol. The van der Waals surface area contributed by atoms with E-state index in [0.29, 0.717) is 17.3 Å². The van der Waals surface area contributed by atoms with Gasteiger partial charge in [-0.1, -0.05) is 23.9 Å². The SMILES string of the molecule is Cc1c(F)cccc1-c1nnc(SCCCCl)n1C. The number of hydrogen-bond donors (Lipinski definition) is 0. The number of rotatable bonds is 5. The molecule has 0 saturated heterocycles. The highest BCUT2D eigenvalue weighted by molar-refractivity contribution is 7.99. The first-order chi connectivity index (χ1) is 9.15. The van der Waals surface area contributed by atoms with Crippen LogP contribution >= 0.6 is 23.4 Å². The predicted octanol–water partition coefficient (Wildman–Crippen LogP) is 3.65. The van der Waals surface area contributed by atoms with E-state index in [2.05, 4.69) is 10.2 Å². The molecule has 0 spiro atoms. The maximum atomic E-state index is 13.6. The summed E-state index contributed by atoms with van der Waals surface area (Å²) in [6, 6.07) is 4.99. The number of halogens is 2. The molecule has 2 aromatic rings. The second-order valence-electron chi connectivity index (χ2n) is 4.17. The molecule has 0 aliphatic heterocycles. The average Bonchev–Trinajstić information content (AvgIpc) is 2.75. The molecule has 6 heteroatoms. The molecule has 0 N–H and O–H groups in total. The van der Waals surface area contributed by atoms with Gasteiger partial charge in [-0.15, -0.1) is 21.8 Å². The summed E-state index contributed by atoms with van der Waals surface area (Å²) in [5.41, 5.74) is 1.37. The lowest BCUT2D eigenvalue weighted by atomic mass is 10.1. The Morgan fingerprint density at radius 3 is 2.89 bits per heavy atom. The van der Waals surface area contributed by atoms with Gasteiger partial charge in [0.05, 0.1) is 0 Å². The molecule has 0 fully saturated rings. The van der Waals surface area contributed by atoms with Gasteiger partial charge in [-0.05, 0) is 25.0 Å². The second-order valence-corrected chi connectivity index (χ2v) is 5.61. The molecule has 1 heterocycles. The first kappa shape index (κ1) is 14.3. The van der Waals surface area contributed by atoms with Crippen LogP contribution in [0, 0.1) is 12.7 Å². The largest absolute Gasteiger partial charge is 0.305 e. The molecule has 102 valence electrons. The van der Waals surface area contributed by atoms with Crippen LogP contribution in [0.1, 0.15) is 12.0 Å². The molecule has 0 radical (unpaired) electrons. The van der Waals surface area contributed by atoms with Gasteiger partial charge >= 0.3 is 0 Å². The van der Waals surface area contributed by atoms with Crippen molar-refractivity contribution in [3.05, 3.63) is 29.6 Å².